The molecular formula is C11H14BrN3O4. The minimum atomic E-state index is -0.492. The van der Waals surface area contributed by atoms with Gasteiger partial charge in [-0.05, 0) is 22.9 Å². The summed E-state index contributed by atoms with van der Waals surface area (Å²) in [7, 11) is 1.31. The molecule has 104 valence electrons. The normalized spacial score (nSPS) is 10.1. The fourth-order valence-corrected chi connectivity index (χ4v) is 2.19. The number of rotatable bonds is 6. The quantitative estimate of drug-likeness (QED) is 0.451. The molecule has 0 atom stereocenters. The molecule has 19 heavy (non-hydrogen) atoms. The Morgan fingerprint density at radius 3 is 2.79 bits per heavy atom. The van der Waals surface area contributed by atoms with Crippen LogP contribution in [0.3, 0.4) is 0 Å². The molecule has 0 fully saturated rings. The molecule has 0 radical (unpaired) electrons. The van der Waals surface area contributed by atoms with Gasteiger partial charge < -0.3 is 9.64 Å². The molecule has 0 aliphatic heterocycles. The zero-order valence-corrected chi connectivity index (χ0v) is 12.2. The second-order valence-electron chi connectivity index (χ2n) is 3.65. The van der Waals surface area contributed by atoms with Gasteiger partial charge in [-0.2, -0.15) is 0 Å². The summed E-state index contributed by atoms with van der Waals surface area (Å²) in [6.07, 6.45) is 2.85. The Kier molecular flexibility index (Phi) is 5.68. The number of methoxy groups -OCH3 is 1. The highest BCUT2D eigenvalue weighted by Crippen LogP contribution is 2.34. The Balaban J connectivity index is 3.03. The van der Waals surface area contributed by atoms with Crippen LogP contribution >= 0.6 is 15.9 Å². The van der Waals surface area contributed by atoms with Crippen LogP contribution in [-0.2, 0) is 9.53 Å². The van der Waals surface area contributed by atoms with Gasteiger partial charge in [-0.25, -0.2) is 0 Å². The van der Waals surface area contributed by atoms with E-state index in [1.54, 1.807) is 4.90 Å². The Morgan fingerprint density at radius 2 is 2.26 bits per heavy atom. The number of hydrogen-bond acceptors (Lipinski definition) is 6. The molecule has 0 spiro atoms. The first-order chi connectivity index (χ1) is 9.01. The van der Waals surface area contributed by atoms with Gasteiger partial charge >= 0.3 is 11.7 Å². The van der Waals surface area contributed by atoms with Crippen molar-refractivity contribution in [3.63, 3.8) is 0 Å². The molecular weight excluding hydrogens is 318 g/mol. The molecule has 1 aromatic heterocycles. The zero-order chi connectivity index (χ0) is 14.4. The first-order valence-corrected chi connectivity index (χ1v) is 6.40. The van der Waals surface area contributed by atoms with Gasteiger partial charge in [0.2, 0.25) is 0 Å². The number of ether oxygens (including phenoxy) is 1. The van der Waals surface area contributed by atoms with Gasteiger partial charge in [0.15, 0.2) is 0 Å². The molecule has 0 saturated carbocycles. The lowest BCUT2D eigenvalue weighted by atomic mass is 10.2. The lowest BCUT2D eigenvalue weighted by molar-refractivity contribution is -0.384. The fraction of sp³-hybridized carbons (Fsp3) is 0.455. The van der Waals surface area contributed by atoms with Crippen LogP contribution in [0.5, 0.6) is 0 Å². The van der Waals surface area contributed by atoms with Crippen molar-refractivity contribution in [1.29, 1.82) is 0 Å². The van der Waals surface area contributed by atoms with E-state index >= 15 is 0 Å². The average Bonchev–Trinajstić information content (AvgIpc) is 2.40. The van der Waals surface area contributed by atoms with E-state index in [1.807, 2.05) is 6.92 Å². The predicted octanol–water partition coefficient (Wildman–Crippen LogP) is 2.14. The third kappa shape index (κ3) is 3.88. The Hall–Kier alpha value is -1.70. The Bertz CT molecular complexity index is 481. The summed E-state index contributed by atoms with van der Waals surface area (Å²) in [6, 6.07) is 0. The monoisotopic (exact) mass is 331 g/mol. The summed E-state index contributed by atoms with van der Waals surface area (Å²) in [4.78, 5) is 27.2. The third-order valence-electron chi connectivity index (χ3n) is 2.56. The molecule has 0 aliphatic carbocycles. The van der Waals surface area contributed by atoms with E-state index in [9.17, 15) is 14.9 Å². The van der Waals surface area contributed by atoms with Crippen molar-refractivity contribution in [3.05, 3.63) is 27.0 Å². The van der Waals surface area contributed by atoms with Crippen LogP contribution in [0, 0.1) is 10.1 Å². The molecule has 0 N–H and O–H groups in total. The van der Waals surface area contributed by atoms with Gasteiger partial charge in [-0.1, -0.05) is 0 Å². The highest BCUT2D eigenvalue weighted by molar-refractivity contribution is 9.10. The molecule has 0 unspecified atom stereocenters. The Morgan fingerprint density at radius 1 is 1.58 bits per heavy atom. The number of esters is 1. The van der Waals surface area contributed by atoms with E-state index in [0.717, 1.165) is 0 Å². The topological polar surface area (TPSA) is 85.6 Å². The maximum atomic E-state index is 11.2. The predicted molar refractivity (Wildman–Crippen MR) is 73.1 cm³/mol. The smallest absolute Gasteiger partial charge is 0.311 e. The van der Waals surface area contributed by atoms with Crippen molar-refractivity contribution in [1.82, 2.24) is 4.98 Å². The molecule has 0 amide bonds. The number of pyridine rings is 1. The fourth-order valence-electron chi connectivity index (χ4n) is 1.62. The maximum Gasteiger partial charge on any atom is 0.311 e. The van der Waals surface area contributed by atoms with Crippen LogP contribution in [-0.4, -0.2) is 36.1 Å². The second-order valence-corrected chi connectivity index (χ2v) is 4.51. The van der Waals surface area contributed by atoms with Gasteiger partial charge in [0.25, 0.3) is 0 Å². The maximum absolute atomic E-state index is 11.2. The van der Waals surface area contributed by atoms with Crippen molar-refractivity contribution < 1.29 is 14.5 Å². The molecule has 1 aromatic rings. The van der Waals surface area contributed by atoms with E-state index in [-0.39, 0.29) is 18.1 Å². The molecule has 7 nitrogen and oxygen atoms in total. The molecule has 1 rings (SSSR count). The highest BCUT2D eigenvalue weighted by atomic mass is 79.9. The number of carbonyl (C=O) groups excluding carboxylic acids is 1. The third-order valence-corrected chi connectivity index (χ3v) is 3.14. The average molecular weight is 332 g/mol. The number of hydrogen-bond donors (Lipinski definition) is 0. The summed E-state index contributed by atoms with van der Waals surface area (Å²) >= 11 is 3.26. The minimum Gasteiger partial charge on any atom is -0.469 e. The molecule has 0 saturated heterocycles. The van der Waals surface area contributed by atoms with Crippen LogP contribution in [0.1, 0.15) is 13.3 Å². The number of aromatic nitrogens is 1. The Labute approximate surface area is 118 Å². The molecule has 1 heterocycles. The van der Waals surface area contributed by atoms with Crippen LogP contribution in [0.2, 0.25) is 0 Å². The number of anilines is 1. The molecule has 0 aromatic carbocycles. The molecule has 0 aliphatic rings. The SMILES string of the molecule is CCN(CCC(=O)OC)c1c(Br)cncc1[N+](=O)[O-]. The lowest BCUT2D eigenvalue weighted by Gasteiger charge is -2.23. The summed E-state index contributed by atoms with van der Waals surface area (Å²) in [6.45, 7) is 2.72. The van der Waals surface area contributed by atoms with Gasteiger partial charge in [-0.15, -0.1) is 0 Å². The van der Waals surface area contributed by atoms with Crippen molar-refractivity contribution in [2.45, 2.75) is 13.3 Å². The van der Waals surface area contributed by atoms with Crippen molar-refractivity contribution >= 4 is 33.3 Å². The number of carbonyl (C=O) groups is 1. The van der Waals surface area contributed by atoms with Crippen molar-refractivity contribution in [2.24, 2.45) is 0 Å². The second kappa shape index (κ2) is 7.03. The highest BCUT2D eigenvalue weighted by Gasteiger charge is 2.22. The van der Waals surface area contributed by atoms with E-state index in [2.05, 4.69) is 25.7 Å². The summed E-state index contributed by atoms with van der Waals surface area (Å²) < 4.78 is 5.09. The van der Waals surface area contributed by atoms with E-state index in [4.69, 9.17) is 0 Å². The first-order valence-electron chi connectivity index (χ1n) is 5.60. The van der Waals surface area contributed by atoms with Crippen LogP contribution in [0.15, 0.2) is 16.9 Å². The summed E-state index contributed by atoms with van der Waals surface area (Å²) in [5.41, 5.74) is 0.326. The standard InChI is InChI=1S/C11H14BrN3O4/c1-3-14(5-4-10(16)19-2)11-8(12)6-13-7-9(11)15(17)18/h6-7H,3-5H2,1-2H3. The van der Waals surface area contributed by atoms with Crippen molar-refractivity contribution in [3.8, 4) is 0 Å². The van der Waals surface area contributed by atoms with E-state index in [0.29, 0.717) is 23.2 Å². The van der Waals surface area contributed by atoms with Gasteiger partial charge in [-0.3, -0.25) is 19.9 Å². The van der Waals surface area contributed by atoms with E-state index in [1.165, 1.54) is 19.5 Å². The van der Waals surface area contributed by atoms with Gasteiger partial charge in [0.05, 0.1) is 22.9 Å². The van der Waals surface area contributed by atoms with Crippen LogP contribution < -0.4 is 4.90 Å². The molecule has 8 heteroatoms. The number of halogens is 1. The van der Waals surface area contributed by atoms with Crippen LogP contribution in [0.25, 0.3) is 0 Å². The van der Waals surface area contributed by atoms with Gasteiger partial charge in [0, 0.05) is 19.3 Å². The summed E-state index contributed by atoms with van der Waals surface area (Å²) in [5, 5.41) is 11.0. The first kappa shape index (κ1) is 15.4. The number of nitrogens with zero attached hydrogens (tertiary/aromatic N) is 3. The number of nitro groups is 1. The van der Waals surface area contributed by atoms with Crippen LogP contribution in [0.4, 0.5) is 11.4 Å². The zero-order valence-electron chi connectivity index (χ0n) is 10.6. The minimum absolute atomic E-state index is 0.0962. The van der Waals surface area contributed by atoms with E-state index < -0.39 is 4.92 Å². The largest absolute Gasteiger partial charge is 0.469 e. The summed E-state index contributed by atoms with van der Waals surface area (Å²) in [5.74, 6) is -0.355. The van der Waals surface area contributed by atoms with Gasteiger partial charge in [0.1, 0.15) is 11.9 Å². The lowest BCUT2D eigenvalue weighted by Crippen LogP contribution is -2.27. The van der Waals surface area contributed by atoms with Crippen molar-refractivity contribution in [2.75, 3.05) is 25.1 Å². The molecule has 0 bridgehead atoms.